The Kier molecular flexibility index (Phi) is 15.0. The number of unbranched alkanes of at least 4 members (excludes halogenated alkanes) is 7. The van der Waals surface area contributed by atoms with Gasteiger partial charge in [0.05, 0.1) is 0 Å². The average molecular weight is 475 g/mol. The summed E-state index contributed by atoms with van der Waals surface area (Å²) in [5, 5.41) is 0. The minimum absolute atomic E-state index is 0.186. The molecule has 0 aliphatic carbocycles. The van der Waals surface area contributed by atoms with Gasteiger partial charge in [0.2, 0.25) is 23.6 Å². The fourth-order valence-electron chi connectivity index (χ4n) is 3.91. The van der Waals surface area contributed by atoms with E-state index in [1.165, 1.54) is 82.1 Å². The first-order valence-corrected chi connectivity index (χ1v) is 12.6. The van der Waals surface area contributed by atoms with Crippen molar-refractivity contribution in [1.29, 1.82) is 0 Å². The molecule has 0 aromatic heterocycles. The van der Waals surface area contributed by atoms with Gasteiger partial charge in [0, 0.05) is 37.1 Å². The van der Waals surface area contributed by atoms with Gasteiger partial charge in [0.25, 0.3) is 0 Å². The second-order valence-electron chi connectivity index (χ2n) is 8.90. The van der Waals surface area contributed by atoms with Crippen molar-refractivity contribution in [1.82, 2.24) is 4.90 Å². The number of primary amides is 3. The van der Waals surface area contributed by atoms with E-state index in [4.69, 9.17) is 17.2 Å². The number of carbonyl (C=O) groups excluding carboxylic acids is 4. The van der Waals surface area contributed by atoms with Crippen LogP contribution in [-0.2, 0) is 9.59 Å². The normalized spacial score (nSPS) is 13.4. The summed E-state index contributed by atoms with van der Waals surface area (Å²) in [4.78, 5) is 45.9. The van der Waals surface area contributed by atoms with Crippen molar-refractivity contribution in [3.63, 3.8) is 0 Å². The van der Waals surface area contributed by atoms with Crippen LogP contribution in [0.3, 0.4) is 0 Å². The Morgan fingerprint density at radius 2 is 0.971 bits per heavy atom. The average Bonchev–Trinajstić information content (AvgIpc) is 3.10. The summed E-state index contributed by atoms with van der Waals surface area (Å²) in [5.74, 6) is -0.862. The smallest absolute Gasteiger partial charge is 0.248 e. The molecule has 190 valence electrons. The fourth-order valence-corrected chi connectivity index (χ4v) is 3.91. The molecule has 2 rings (SSSR count). The van der Waals surface area contributed by atoms with Gasteiger partial charge in [-0.1, -0.05) is 51.4 Å². The maximum atomic E-state index is 12.1. The molecule has 1 heterocycles. The number of carbonyl (C=O) groups is 4. The molecule has 1 saturated heterocycles. The van der Waals surface area contributed by atoms with Gasteiger partial charge in [-0.25, -0.2) is 0 Å². The molecule has 1 fully saturated rings. The predicted octanol–water partition coefficient (Wildman–Crippen LogP) is 3.66. The third kappa shape index (κ3) is 13.6. The lowest BCUT2D eigenvalue weighted by Gasteiger charge is -2.20. The number of nitrogens with two attached hydrogens (primary N) is 3. The van der Waals surface area contributed by atoms with Crippen molar-refractivity contribution < 1.29 is 19.2 Å². The third-order valence-corrected chi connectivity index (χ3v) is 5.98. The van der Waals surface area contributed by atoms with E-state index < -0.39 is 11.8 Å². The fraction of sp³-hybridized carbons (Fsp3) is 0.615. The number of likely N-dealkylation sites (tertiary alicyclic amines) is 1. The predicted molar refractivity (Wildman–Crippen MR) is 134 cm³/mol. The largest absolute Gasteiger partial charge is 0.370 e. The van der Waals surface area contributed by atoms with E-state index in [1.807, 2.05) is 0 Å². The Balaban J connectivity index is 0.000000404. The Labute approximate surface area is 203 Å². The van der Waals surface area contributed by atoms with Gasteiger partial charge in [0.1, 0.15) is 0 Å². The third-order valence-electron chi connectivity index (χ3n) is 5.98. The molecule has 6 N–H and O–H groups in total. The molecule has 1 aliphatic rings. The van der Waals surface area contributed by atoms with Gasteiger partial charge in [-0.3, -0.25) is 19.2 Å². The van der Waals surface area contributed by atoms with Gasteiger partial charge in [0.15, 0.2) is 0 Å². The summed E-state index contributed by atoms with van der Waals surface area (Å²) in [7, 11) is 0. The molecule has 0 atom stereocenters. The second kappa shape index (κ2) is 17.6. The summed E-state index contributed by atoms with van der Waals surface area (Å²) in [6.07, 6.45) is 15.3. The first kappa shape index (κ1) is 29.1. The van der Waals surface area contributed by atoms with Crippen LogP contribution in [-0.4, -0.2) is 41.6 Å². The molecule has 1 aromatic carbocycles. The number of hydrogen-bond donors (Lipinski definition) is 3. The topological polar surface area (TPSA) is 150 Å². The molecule has 0 unspecified atom stereocenters. The molecule has 0 saturated carbocycles. The van der Waals surface area contributed by atoms with Crippen LogP contribution in [0, 0.1) is 0 Å². The molecular formula is C26H42N4O4. The lowest BCUT2D eigenvalue weighted by molar-refractivity contribution is -0.131. The van der Waals surface area contributed by atoms with E-state index >= 15 is 0 Å². The Hall–Kier alpha value is -2.90. The Morgan fingerprint density at radius 3 is 1.35 bits per heavy atom. The van der Waals surface area contributed by atoms with Gasteiger partial charge < -0.3 is 22.1 Å². The standard InChI is InChI=1S/C18H34N2O2.C8H8N2O2/c19-17(21)13-9-5-3-1-2-4-6-10-14-18(22)20-15-11-7-8-12-16-20;9-7(11)5-1-2-6(4-3-5)8(10)12/h1-16H2,(H2,19,21);1-4H,(H2,9,11)(H2,10,12). The first-order valence-electron chi connectivity index (χ1n) is 12.6. The maximum Gasteiger partial charge on any atom is 0.248 e. The number of nitrogens with zero attached hydrogens (tertiary/aromatic N) is 1. The highest BCUT2D eigenvalue weighted by Gasteiger charge is 2.14. The van der Waals surface area contributed by atoms with Crippen molar-refractivity contribution in [3.05, 3.63) is 35.4 Å². The van der Waals surface area contributed by atoms with Crippen LogP contribution in [0.15, 0.2) is 24.3 Å². The molecule has 8 heteroatoms. The lowest BCUT2D eigenvalue weighted by Crippen LogP contribution is -2.31. The molecule has 0 bridgehead atoms. The Morgan fingerprint density at radius 1 is 0.588 bits per heavy atom. The van der Waals surface area contributed by atoms with Gasteiger partial charge >= 0.3 is 0 Å². The van der Waals surface area contributed by atoms with Crippen molar-refractivity contribution in [2.45, 2.75) is 89.9 Å². The van der Waals surface area contributed by atoms with E-state index in [0.717, 1.165) is 38.8 Å². The summed E-state index contributed by atoms with van der Waals surface area (Å²) in [6.45, 7) is 1.95. The van der Waals surface area contributed by atoms with Crippen molar-refractivity contribution in [2.75, 3.05) is 13.1 Å². The molecule has 1 aliphatic heterocycles. The number of amides is 4. The monoisotopic (exact) mass is 474 g/mol. The van der Waals surface area contributed by atoms with E-state index in [2.05, 4.69) is 4.90 Å². The van der Waals surface area contributed by atoms with E-state index in [0.29, 0.717) is 23.5 Å². The molecular weight excluding hydrogens is 432 g/mol. The second-order valence-corrected chi connectivity index (χ2v) is 8.90. The van der Waals surface area contributed by atoms with Crippen LogP contribution in [0.1, 0.15) is 111 Å². The molecule has 1 aromatic rings. The van der Waals surface area contributed by atoms with E-state index in [-0.39, 0.29) is 5.91 Å². The van der Waals surface area contributed by atoms with Crippen LogP contribution in [0.25, 0.3) is 0 Å². The molecule has 0 radical (unpaired) electrons. The van der Waals surface area contributed by atoms with Crippen LogP contribution in [0.4, 0.5) is 0 Å². The van der Waals surface area contributed by atoms with Crippen LogP contribution in [0.2, 0.25) is 0 Å². The zero-order valence-electron chi connectivity index (χ0n) is 20.4. The molecule has 8 nitrogen and oxygen atoms in total. The zero-order valence-corrected chi connectivity index (χ0v) is 20.4. The highest BCUT2D eigenvalue weighted by atomic mass is 16.2. The van der Waals surface area contributed by atoms with Crippen molar-refractivity contribution in [2.24, 2.45) is 17.2 Å². The van der Waals surface area contributed by atoms with Gasteiger partial charge in [-0.05, 0) is 49.9 Å². The van der Waals surface area contributed by atoms with Crippen molar-refractivity contribution >= 4 is 23.6 Å². The molecule has 4 amide bonds. The Bertz CT molecular complexity index is 724. The van der Waals surface area contributed by atoms with Gasteiger partial charge in [-0.15, -0.1) is 0 Å². The first-order chi connectivity index (χ1) is 16.3. The summed E-state index contributed by atoms with van der Waals surface area (Å²) in [5.41, 5.74) is 15.8. The minimum Gasteiger partial charge on any atom is -0.370 e. The van der Waals surface area contributed by atoms with Crippen LogP contribution >= 0.6 is 0 Å². The maximum absolute atomic E-state index is 12.1. The number of hydrogen-bond acceptors (Lipinski definition) is 4. The molecule has 0 spiro atoms. The summed E-state index contributed by atoms with van der Waals surface area (Å²) in [6, 6.07) is 5.84. The quantitative estimate of drug-likeness (QED) is 0.374. The molecule has 34 heavy (non-hydrogen) atoms. The van der Waals surface area contributed by atoms with Crippen molar-refractivity contribution in [3.8, 4) is 0 Å². The van der Waals surface area contributed by atoms with Crippen LogP contribution in [0.5, 0.6) is 0 Å². The number of benzene rings is 1. The highest BCUT2D eigenvalue weighted by molar-refractivity contribution is 5.96. The highest BCUT2D eigenvalue weighted by Crippen LogP contribution is 2.14. The summed E-state index contributed by atoms with van der Waals surface area (Å²) >= 11 is 0. The van der Waals surface area contributed by atoms with Crippen LogP contribution < -0.4 is 17.2 Å². The summed E-state index contributed by atoms with van der Waals surface area (Å²) < 4.78 is 0. The lowest BCUT2D eigenvalue weighted by atomic mass is 10.1. The van der Waals surface area contributed by atoms with E-state index in [1.54, 1.807) is 0 Å². The minimum atomic E-state index is -0.522. The zero-order chi connectivity index (χ0) is 25.2. The number of rotatable bonds is 13. The van der Waals surface area contributed by atoms with E-state index in [9.17, 15) is 19.2 Å². The SMILES string of the molecule is NC(=O)CCCCCCCCCCC(=O)N1CCCCCC1.NC(=O)c1ccc(C(N)=O)cc1. The van der Waals surface area contributed by atoms with Gasteiger partial charge in [-0.2, -0.15) is 0 Å².